The van der Waals surface area contributed by atoms with Crippen LogP contribution in [0, 0.1) is 0 Å². The summed E-state index contributed by atoms with van der Waals surface area (Å²) in [7, 11) is 1.72. The van der Waals surface area contributed by atoms with E-state index in [1.54, 1.807) is 7.11 Å². The summed E-state index contributed by atoms with van der Waals surface area (Å²) in [6.07, 6.45) is 3.64. The zero-order valence-corrected chi connectivity index (χ0v) is 9.55. The minimum atomic E-state index is 0.189. The minimum absolute atomic E-state index is 0.189. The Hall–Kier alpha value is -1.02. The predicted molar refractivity (Wildman–Crippen MR) is 62.2 cm³/mol. The van der Waals surface area contributed by atoms with Crippen LogP contribution in [0.5, 0.6) is 5.75 Å². The molecule has 1 aliphatic rings. The van der Waals surface area contributed by atoms with Crippen molar-refractivity contribution in [3.8, 4) is 5.75 Å². The summed E-state index contributed by atoms with van der Waals surface area (Å²) >= 11 is 0. The summed E-state index contributed by atoms with van der Waals surface area (Å²) in [4.78, 5) is 0. The third-order valence-corrected chi connectivity index (χ3v) is 3.47. The summed E-state index contributed by atoms with van der Waals surface area (Å²) in [5.41, 5.74) is 1.55. The molecule has 1 aliphatic heterocycles. The number of nitrogens with one attached hydrogen (secondary N) is 1. The summed E-state index contributed by atoms with van der Waals surface area (Å²) in [5.74, 6) is 0.953. The smallest absolute Gasteiger partial charge is 0.119 e. The molecule has 0 aliphatic carbocycles. The largest absolute Gasteiger partial charge is 0.497 e. The molecular formula is C13H19NO. The third kappa shape index (κ3) is 1.86. The van der Waals surface area contributed by atoms with Crippen LogP contribution in [0.15, 0.2) is 24.3 Å². The highest BCUT2D eigenvalue weighted by Crippen LogP contribution is 2.35. The fourth-order valence-electron chi connectivity index (χ4n) is 2.48. The molecule has 0 bridgehead atoms. The van der Waals surface area contributed by atoms with Crippen molar-refractivity contribution < 1.29 is 4.74 Å². The van der Waals surface area contributed by atoms with Gasteiger partial charge < -0.3 is 10.1 Å². The van der Waals surface area contributed by atoms with Gasteiger partial charge in [0, 0.05) is 5.54 Å². The van der Waals surface area contributed by atoms with Crippen LogP contribution in [0.3, 0.4) is 0 Å². The van der Waals surface area contributed by atoms with Crippen molar-refractivity contribution in [3.63, 3.8) is 0 Å². The minimum Gasteiger partial charge on any atom is -0.497 e. The number of benzene rings is 1. The maximum Gasteiger partial charge on any atom is 0.119 e. The lowest BCUT2D eigenvalue weighted by Crippen LogP contribution is -2.35. The standard InChI is InChI=1S/C13H19NO/c1-3-13(8-5-9-14-13)11-6-4-7-12(10-11)15-2/h4,6-7,10,14H,3,5,8-9H2,1-2H3/t13-/m1/s1. The van der Waals surface area contributed by atoms with Gasteiger partial charge in [0.05, 0.1) is 7.11 Å². The second-order valence-corrected chi connectivity index (χ2v) is 4.20. The summed E-state index contributed by atoms with van der Waals surface area (Å²) in [6, 6.07) is 8.43. The molecule has 0 radical (unpaired) electrons. The van der Waals surface area contributed by atoms with E-state index in [0.717, 1.165) is 18.7 Å². The zero-order chi connectivity index (χ0) is 10.7. The quantitative estimate of drug-likeness (QED) is 0.819. The number of hydrogen-bond donors (Lipinski definition) is 1. The molecule has 0 aromatic heterocycles. The molecule has 1 N–H and O–H groups in total. The van der Waals surface area contributed by atoms with Crippen LogP contribution in [0.4, 0.5) is 0 Å². The number of methoxy groups -OCH3 is 1. The van der Waals surface area contributed by atoms with Gasteiger partial charge in [-0.1, -0.05) is 19.1 Å². The van der Waals surface area contributed by atoms with Crippen molar-refractivity contribution in [1.82, 2.24) is 5.32 Å². The topological polar surface area (TPSA) is 21.3 Å². The van der Waals surface area contributed by atoms with Crippen LogP contribution in [0.2, 0.25) is 0 Å². The SMILES string of the molecule is CC[C@]1(c2cccc(OC)c2)CCCN1. The van der Waals surface area contributed by atoms with Gasteiger partial charge in [0.2, 0.25) is 0 Å². The van der Waals surface area contributed by atoms with E-state index in [4.69, 9.17) is 4.74 Å². The van der Waals surface area contributed by atoms with Crippen LogP contribution < -0.4 is 10.1 Å². The van der Waals surface area contributed by atoms with E-state index >= 15 is 0 Å². The first kappa shape index (κ1) is 10.5. The van der Waals surface area contributed by atoms with E-state index < -0.39 is 0 Å². The molecule has 1 aromatic rings. The number of rotatable bonds is 3. The van der Waals surface area contributed by atoms with E-state index in [2.05, 4.69) is 30.4 Å². The van der Waals surface area contributed by atoms with Crippen LogP contribution >= 0.6 is 0 Å². The summed E-state index contributed by atoms with van der Waals surface area (Å²) in [6.45, 7) is 3.38. The van der Waals surface area contributed by atoms with E-state index in [0.29, 0.717) is 0 Å². The van der Waals surface area contributed by atoms with Crippen molar-refractivity contribution in [2.45, 2.75) is 31.7 Å². The molecule has 0 spiro atoms. The Kier molecular flexibility index (Phi) is 2.96. The second kappa shape index (κ2) is 4.23. The van der Waals surface area contributed by atoms with E-state index in [9.17, 15) is 0 Å². The molecule has 1 heterocycles. The van der Waals surface area contributed by atoms with E-state index in [1.807, 2.05) is 6.07 Å². The first-order chi connectivity index (χ1) is 7.30. The third-order valence-electron chi connectivity index (χ3n) is 3.47. The van der Waals surface area contributed by atoms with Gasteiger partial charge in [0.15, 0.2) is 0 Å². The average Bonchev–Trinajstić information content (AvgIpc) is 2.79. The molecule has 2 nitrogen and oxygen atoms in total. The molecule has 15 heavy (non-hydrogen) atoms. The maximum absolute atomic E-state index is 5.28. The van der Waals surface area contributed by atoms with Crippen LogP contribution in [-0.2, 0) is 5.54 Å². The first-order valence-corrected chi connectivity index (χ1v) is 5.70. The number of ether oxygens (including phenoxy) is 1. The molecule has 2 rings (SSSR count). The second-order valence-electron chi connectivity index (χ2n) is 4.20. The summed E-state index contributed by atoms with van der Waals surface area (Å²) in [5, 5.41) is 3.63. The lowest BCUT2D eigenvalue weighted by Gasteiger charge is -2.29. The Morgan fingerprint density at radius 3 is 2.93 bits per heavy atom. The molecule has 0 unspecified atom stereocenters. The molecule has 1 saturated heterocycles. The molecular weight excluding hydrogens is 186 g/mol. The van der Waals surface area contributed by atoms with Crippen LogP contribution in [-0.4, -0.2) is 13.7 Å². The van der Waals surface area contributed by atoms with Gasteiger partial charge in [-0.3, -0.25) is 0 Å². The van der Waals surface area contributed by atoms with Gasteiger partial charge in [0.1, 0.15) is 5.75 Å². The van der Waals surface area contributed by atoms with Crippen molar-refractivity contribution in [2.24, 2.45) is 0 Å². The van der Waals surface area contributed by atoms with E-state index in [1.165, 1.54) is 18.4 Å². The van der Waals surface area contributed by atoms with Gasteiger partial charge in [-0.25, -0.2) is 0 Å². The average molecular weight is 205 g/mol. The fraction of sp³-hybridized carbons (Fsp3) is 0.538. The van der Waals surface area contributed by atoms with Crippen molar-refractivity contribution >= 4 is 0 Å². The molecule has 1 aromatic carbocycles. The fourth-order valence-corrected chi connectivity index (χ4v) is 2.48. The normalized spacial score (nSPS) is 25.5. The zero-order valence-electron chi connectivity index (χ0n) is 9.55. The predicted octanol–water partition coefficient (Wildman–Crippen LogP) is 2.68. The van der Waals surface area contributed by atoms with Crippen LogP contribution in [0.25, 0.3) is 0 Å². The highest BCUT2D eigenvalue weighted by molar-refractivity contribution is 5.34. The Balaban J connectivity index is 2.33. The van der Waals surface area contributed by atoms with Crippen LogP contribution in [0.1, 0.15) is 31.7 Å². The number of hydrogen-bond acceptors (Lipinski definition) is 2. The molecule has 1 fully saturated rings. The Morgan fingerprint density at radius 1 is 1.47 bits per heavy atom. The maximum atomic E-state index is 5.28. The van der Waals surface area contributed by atoms with Gasteiger partial charge in [0.25, 0.3) is 0 Å². The summed E-state index contributed by atoms with van der Waals surface area (Å²) < 4.78 is 5.28. The lowest BCUT2D eigenvalue weighted by molar-refractivity contribution is 0.370. The van der Waals surface area contributed by atoms with Crippen molar-refractivity contribution in [3.05, 3.63) is 29.8 Å². The first-order valence-electron chi connectivity index (χ1n) is 5.70. The Bertz CT molecular complexity index is 329. The highest BCUT2D eigenvalue weighted by atomic mass is 16.5. The Morgan fingerprint density at radius 2 is 2.33 bits per heavy atom. The van der Waals surface area contributed by atoms with E-state index in [-0.39, 0.29) is 5.54 Å². The monoisotopic (exact) mass is 205 g/mol. The lowest BCUT2D eigenvalue weighted by atomic mass is 9.86. The molecule has 0 amide bonds. The molecule has 82 valence electrons. The highest BCUT2D eigenvalue weighted by Gasteiger charge is 2.33. The molecule has 1 atom stereocenters. The Labute approximate surface area is 91.6 Å². The van der Waals surface area contributed by atoms with Gasteiger partial charge in [-0.15, -0.1) is 0 Å². The molecule has 2 heteroatoms. The molecule has 0 saturated carbocycles. The van der Waals surface area contributed by atoms with Gasteiger partial charge in [-0.05, 0) is 43.5 Å². The van der Waals surface area contributed by atoms with Crippen molar-refractivity contribution in [2.75, 3.05) is 13.7 Å². The van der Waals surface area contributed by atoms with Gasteiger partial charge in [-0.2, -0.15) is 0 Å². The van der Waals surface area contributed by atoms with Crippen molar-refractivity contribution in [1.29, 1.82) is 0 Å². The van der Waals surface area contributed by atoms with Gasteiger partial charge >= 0.3 is 0 Å².